The van der Waals surface area contributed by atoms with Gasteiger partial charge >= 0.3 is 0 Å². The van der Waals surface area contributed by atoms with Crippen molar-refractivity contribution in [2.45, 2.75) is 13.8 Å². The van der Waals surface area contributed by atoms with Crippen LogP contribution in [0.4, 0.5) is 0 Å². The number of aryl methyl sites for hydroxylation is 2. The van der Waals surface area contributed by atoms with Crippen LogP contribution in [0.5, 0.6) is 0 Å². The van der Waals surface area contributed by atoms with Gasteiger partial charge in [0.05, 0.1) is 0 Å². The number of fused-ring (bicyclic) bond motifs is 2. The third-order valence-electron chi connectivity index (χ3n) is 4.45. The predicted molar refractivity (Wildman–Crippen MR) is 104 cm³/mol. The molecular weight excluding hydrogens is 344 g/mol. The van der Waals surface area contributed by atoms with E-state index in [-0.39, 0.29) is 0 Å². The van der Waals surface area contributed by atoms with Crippen molar-refractivity contribution in [2.75, 3.05) is 0 Å². The Morgan fingerprint density at radius 2 is 1.22 bits per heavy atom. The molecule has 0 heterocycles. The van der Waals surface area contributed by atoms with Crippen molar-refractivity contribution in [1.29, 1.82) is 0 Å². The van der Waals surface area contributed by atoms with Crippen LogP contribution >= 0.6 is 15.9 Å². The molecule has 0 nitrogen and oxygen atoms in total. The fraction of sp³-hybridized carbons (Fsp3) is 0.0909. The highest BCUT2D eigenvalue weighted by Crippen LogP contribution is 2.41. The maximum absolute atomic E-state index is 3.83. The number of halogens is 1. The summed E-state index contributed by atoms with van der Waals surface area (Å²) in [5, 5.41) is 5.13. The lowest BCUT2D eigenvalue weighted by Crippen LogP contribution is -1.88. The van der Waals surface area contributed by atoms with Crippen molar-refractivity contribution in [3.63, 3.8) is 0 Å². The van der Waals surface area contributed by atoms with E-state index in [1.165, 1.54) is 48.3 Å². The van der Waals surface area contributed by atoms with E-state index >= 15 is 0 Å². The van der Waals surface area contributed by atoms with Gasteiger partial charge in [0, 0.05) is 4.47 Å². The van der Waals surface area contributed by atoms with Gasteiger partial charge < -0.3 is 0 Å². The summed E-state index contributed by atoms with van der Waals surface area (Å²) in [6, 6.07) is 24.2. The van der Waals surface area contributed by atoms with E-state index < -0.39 is 0 Å². The molecule has 0 fully saturated rings. The molecule has 0 spiro atoms. The summed E-state index contributed by atoms with van der Waals surface area (Å²) < 4.78 is 1.18. The Balaban J connectivity index is 2.24. The quantitative estimate of drug-likeness (QED) is 0.319. The Hall–Kier alpha value is -2.12. The Bertz CT molecular complexity index is 1030. The van der Waals surface area contributed by atoms with Crippen molar-refractivity contribution < 1.29 is 0 Å². The van der Waals surface area contributed by atoms with Crippen molar-refractivity contribution in [3.8, 4) is 11.1 Å². The molecule has 0 radical (unpaired) electrons. The molecule has 0 aliphatic heterocycles. The van der Waals surface area contributed by atoms with Crippen LogP contribution in [-0.2, 0) is 0 Å². The Kier molecular flexibility index (Phi) is 3.46. The molecule has 0 atom stereocenters. The standard InChI is InChI=1S/C22H17Br/c1-14-7-10-16(11-8-14)21-17-5-3-4-6-18(17)22(23)19-12-9-15(2)13-20(19)21/h3-13H,1-2H3. The van der Waals surface area contributed by atoms with Crippen LogP contribution in [0.15, 0.2) is 71.2 Å². The molecule has 23 heavy (non-hydrogen) atoms. The lowest BCUT2D eigenvalue weighted by molar-refractivity contribution is 1.47. The Morgan fingerprint density at radius 3 is 1.96 bits per heavy atom. The summed E-state index contributed by atoms with van der Waals surface area (Å²) in [5.74, 6) is 0. The predicted octanol–water partition coefficient (Wildman–Crippen LogP) is 7.04. The minimum Gasteiger partial charge on any atom is -0.0616 e. The van der Waals surface area contributed by atoms with E-state index in [2.05, 4.69) is 96.5 Å². The average Bonchev–Trinajstić information content (AvgIpc) is 2.56. The molecule has 4 aromatic carbocycles. The van der Waals surface area contributed by atoms with Gasteiger partial charge in [-0.1, -0.05) is 77.9 Å². The smallest absolute Gasteiger partial charge is 0.0332 e. The zero-order valence-corrected chi connectivity index (χ0v) is 14.8. The number of hydrogen-bond acceptors (Lipinski definition) is 0. The molecule has 0 saturated carbocycles. The third-order valence-corrected chi connectivity index (χ3v) is 5.31. The summed E-state index contributed by atoms with van der Waals surface area (Å²) in [7, 11) is 0. The van der Waals surface area contributed by atoms with Gasteiger partial charge in [0.1, 0.15) is 0 Å². The Labute approximate surface area is 144 Å². The molecule has 1 heteroatoms. The molecule has 0 aromatic heterocycles. The number of benzene rings is 4. The molecule has 0 unspecified atom stereocenters. The van der Waals surface area contributed by atoms with Crippen LogP contribution in [0.3, 0.4) is 0 Å². The van der Waals surface area contributed by atoms with Gasteiger partial charge in [0.2, 0.25) is 0 Å². The molecule has 4 rings (SSSR count). The molecule has 0 aliphatic rings. The monoisotopic (exact) mass is 360 g/mol. The zero-order valence-electron chi connectivity index (χ0n) is 13.2. The molecule has 112 valence electrons. The van der Waals surface area contributed by atoms with Crippen LogP contribution in [0.2, 0.25) is 0 Å². The van der Waals surface area contributed by atoms with E-state index in [0.717, 1.165) is 0 Å². The molecule has 0 aliphatic carbocycles. The fourth-order valence-corrected chi connectivity index (χ4v) is 3.96. The van der Waals surface area contributed by atoms with Gasteiger partial charge in [0.25, 0.3) is 0 Å². The minimum absolute atomic E-state index is 1.18. The maximum atomic E-state index is 3.83. The third kappa shape index (κ3) is 2.36. The zero-order chi connectivity index (χ0) is 16.0. The summed E-state index contributed by atoms with van der Waals surface area (Å²) in [6.07, 6.45) is 0. The van der Waals surface area contributed by atoms with Crippen molar-refractivity contribution >= 4 is 37.5 Å². The van der Waals surface area contributed by atoms with Gasteiger partial charge in [-0.15, -0.1) is 0 Å². The van der Waals surface area contributed by atoms with Gasteiger partial charge in [-0.3, -0.25) is 0 Å². The van der Waals surface area contributed by atoms with Crippen LogP contribution in [0, 0.1) is 13.8 Å². The maximum Gasteiger partial charge on any atom is 0.0332 e. The van der Waals surface area contributed by atoms with Gasteiger partial charge in [-0.2, -0.15) is 0 Å². The first-order valence-electron chi connectivity index (χ1n) is 7.83. The van der Waals surface area contributed by atoms with Crippen LogP contribution < -0.4 is 0 Å². The van der Waals surface area contributed by atoms with E-state index in [1.54, 1.807) is 0 Å². The minimum atomic E-state index is 1.18. The second-order valence-corrected chi connectivity index (χ2v) is 6.94. The first-order chi connectivity index (χ1) is 11.1. The molecule has 0 amide bonds. The lowest BCUT2D eigenvalue weighted by Gasteiger charge is -2.15. The van der Waals surface area contributed by atoms with E-state index in [1.807, 2.05) is 0 Å². The van der Waals surface area contributed by atoms with Crippen LogP contribution in [0.25, 0.3) is 32.7 Å². The first-order valence-corrected chi connectivity index (χ1v) is 8.62. The summed E-state index contributed by atoms with van der Waals surface area (Å²) >= 11 is 3.83. The van der Waals surface area contributed by atoms with Gasteiger partial charge in [0.15, 0.2) is 0 Å². The molecule has 0 bridgehead atoms. The highest BCUT2D eigenvalue weighted by atomic mass is 79.9. The highest BCUT2D eigenvalue weighted by Gasteiger charge is 2.13. The fourth-order valence-electron chi connectivity index (χ4n) is 3.27. The van der Waals surface area contributed by atoms with Crippen LogP contribution in [0.1, 0.15) is 11.1 Å². The van der Waals surface area contributed by atoms with Gasteiger partial charge in [-0.25, -0.2) is 0 Å². The summed E-state index contributed by atoms with van der Waals surface area (Å²) in [5.41, 5.74) is 5.17. The molecule has 0 N–H and O–H groups in total. The Morgan fingerprint density at radius 1 is 0.609 bits per heavy atom. The first kappa shape index (κ1) is 14.5. The summed E-state index contributed by atoms with van der Waals surface area (Å²) in [4.78, 5) is 0. The van der Waals surface area contributed by atoms with Crippen LogP contribution in [-0.4, -0.2) is 0 Å². The number of hydrogen-bond donors (Lipinski definition) is 0. The second kappa shape index (κ2) is 5.50. The van der Waals surface area contributed by atoms with Crippen molar-refractivity contribution in [3.05, 3.63) is 82.3 Å². The SMILES string of the molecule is Cc1ccc(-c2c3ccccc3c(Br)c3ccc(C)cc23)cc1. The van der Waals surface area contributed by atoms with E-state index in [4.69, 9.17) is 0 Å². The summed E-state index contributed by atoms with van der Waals surface area (Å²) in [6.45, 7) is 4.28. The van der Waals surface area contributed by atoms with E-state index in [0.29, 0.717) is 0 Å². The average molecular weight is 361 g/mol. The van der Waals surface area contributed by atoms with Gasteiger partial charge in [-0.05, 0) is 62.4 Å². The number of rotatable bonds is 1. The lowest BCUT2D eigenvalue weighted by atomic mass is 9.91. The highest BCUT2D eigenvalue weighted by molar-refractivity contribution is 9.10. The topological polar surface area (TPSA) is 0 Å². The molecule has 0 saturated heterocycles. The normalized spacial score (nSPS) is 11.3. The second-order valence-electron chi connectivity index (χ2n) is 6.15. The van der Waals surface area contributed by atoms with Crippen molar-refractivity contribution in [2.24, 2.45) is 0 Å². The molecular formula is C22H17Br. The van der Waals surface area contributed by atoms with E-state index in [9.17, 15) is 0 Å². The largest absolute Gasteiger partial charge is 0.0616 e. The van der Waals surface area contributed by atoms with Crippen molar-refractivity contribution in [1.82, 2.24) is 0 Å². The molecule has 4 aromatic rings.